The fraction of sp³-hybridized carbons (Fsp3) is 0.429. The molecule has 0 saturated heterocycles. The first-order chi connectivity index (χ1) is 6.95. The summed E-state index contributed by atoms with van der Waals surface area (Å²) in [4.78, 5) is 10.7. The summed E-state index contributed by atoms with van der Waals surface area (Å²) >= 11 is 5.15. The molecule has 1 rings (SSSR count). The van der Waals surface area contributed by atoms with Crippen molar-refractivity contribution in [3.05, 3.63) is 17.5 Å². The van der Waals surface area contributed by atoms with Crippen LogP contribution in [-0.4, -0.2) is 16.9 Å². The van der Waals surface area contributed by atoms with Gasteiger partial charge in [0.25, 0.3) is 0 Å². The Morgan fingerprint density at radius 1 is 1.60 bits per heavy atom. The Kier molecular flexibility index (Phi) is 3.57. The SMILES string of the molecule is O=C(CCl)NCc1conc1C(F)(F)F. The van der Waals surface area contributed by atoms with Gasteiger partial charge in [-0.1, -0.05) is 5.16 Å². The molecule has 1 aromatic rings. The first-order valence-electron chi connectivity index (χ1n) is 3.78. The molecule has 1 amide bonds. The number of amides is 1. The van der Waals surface area contributed by atoms with Gasteiger partial charge in [-0.05, 0) is 0 Å². The molecule has 4 nitrogen and oxygen atoms in total. The van der Waals surface area contributed by atoms with Crippen molar-refractivity contribution >= 4 is 17.5 Å². The number of hydrogen-bond donors (Lipinski definition) is 1. The molecule has 0 fully saturated rings. The molecule has 0 aromatic carbocycles. The topological polar surface area (TPSA) is 55.1 Å². The summed E-state index contributed by atoms with van der Waals surface area (Å²) in [5.41, 5.74) is -1.38. The zero-order chi connectivity index (χ0) is 11.5. The van der Waals surface area contributed by atoms with Gasteiger partial charge in [0.15, 0.2) is 5.69 Å². The lowest BCUT2D eigenvalue weighted by Gasteiger charge is -2.05. The highest BCUT2D eigenvalue weighted by Gasteiger charge is 2.37. The van der Waals surface area contributed by atoms with Crippen molar-refractivity contribution < 1.29 is 22.5 Å². The smallest absolute Gasteiger partial charge is 0.364 e. The molecule has 0 spiro atoms. The van der Waals surface area contributed by atoms with E-state index in [9.17, 15) is 18.0 Å². The van der Waals surface area contributed by atoms with Gasteiger partial charge in [0.1, 0.15) is 12.1 Å². The second-order valence-corrected chi connectivity index (χ2v) is 2.86. The van der Waals surface area contributed by atoms with Crippen molar-refractivity contribution in [2.24, 2.45) is 0 Å². The molecule has 0 aliphatic carbocycles. The quantitative estimate of drug-likeness (QED) is 0.818. The number of nitrogens with one attached hydrogen (secondary N) is 1. The number of halogens is 4. The molecule has 1 aromatic heterocycles. The lowest BCUT2D eigenvalue weighted by Crippen LogP contribution is -2.24. The van der Waals surface area contributed by atoms with Crippen molar-refractivity contribution in [1.29, 1.82) is 0 Å². The van der Waals surface area contributed by atoms with Gasteiger partial charge in [-0.2, -0.15) is 13.2 Å². The number of rotatable bonds is 3. The molecule has 15 heavy (non-hydrogen) atoms. The average Bonchev–Trinajstić information content (AvgIpc) is 2.61. The maximum absolute atomic E-state index is 12.2. The van der Waals surface area contributed by atoms with Gasteiger partial charge >= 0.3 is 6.18 Å². The van der Waals surface area contributed by atoms with Crippen LogP contribution in [0.25, 0.3) is 0 Å². The third kappa shape index (κ3) is 3.12. The van der Waals surface area contributed by atoms with Crippen molar-refractivity contribution in [2.75, 3.05) is 5.88 Å². The Balaban J connectivity index is 2.70. The van der Waals surface area contributed by atoms with Crippen LogP contribution in [0.2, 0.25) is 0 Å². The van der Waals surface area contributed by atoms with Crippen LogP contribution in [0, 0.1) is 0 Å². The van der Waals surface area contributed by atoms with E-state index in [1.807, 2.05) is 0 Å². The Morgan fingerprint density at radius 2 is 2.27 bits per heavy atom. The fourth-order valence-electron chi connectivity index (χ4n) is 0.857. The molecule has 0 unspecified atom stereocenters. The molecule has 1 heterocycles. The lowest BCUT2D eigenvalue weighted by atomic mass is 10.2. The van der Waals surface area contributed by atoms with Crippen LogP contribution in [0.5, 0.6) is 0 Å². The number of nitrogens with zero attached hydrogens (tertiary/aromatic N) is 1. The molecular weight excluding hydrogens is 237 g/mol. The van der Waals surface area contributed by atoms with E-state index in [4.69, 9.17) is 11.6 Å². The summed E-state index contributed by atoms with van der Waals surface area (Å²) in [5.74, 6) is -0.877. The maximum Gasteiger partial charge on any atom is 0.437 e. The molecule has 0 aliphatic rings. The highest BCUT2D eigenvalue weighted by molar-refractivity contribution is 6.27. The van der Waals surface area contributed by atoms with Crippen LogP contribution < -0.4 is 5.32 Å². The van der Waals surface area contributed by atoms with Crippen molar-refractivity contribution in [3.8, 4) is 0 Å². The summed E-state index contributed by atoms with van der Waals surface area (Å²) in [6, 6.07) is 0. The Labute approximate surface area is 87.4 Å². The summed E-state index contributed by atoms with van der Waals surface area (Å²) < 4.78 is 40.9. The van der Waals surface area contributed by atoms with E-state index >= 15 is 0 Å². The minimum absolute atomic E-state index is 0.235. The van der Waals surface area contributed by atoms with Crippen LogP contribution in [-0.2, 0) is 17.5 Å². The van der Waals surface area contributed by atoms with Crippen LogP contribution in [0.1, 0.15) is 11.3 Å². The first kappa shape index (κ1) is 11.8. The van der Waals surface area contributed by atoms with Crippen LogP contribution in [0.3, 0.4) is 0 Å². The molecule has 0 saturated carbocycles. The predicted octanol–water partition coefficient (Wildman–Crippen LogP) is 1.55. The zero-order valence-electron chi connectivity index (χ0n) is 7.27. The Hall–Kier alpha value is -1.24. The van der Waals surface area contributed by atoms with E-state index in [0.29, 0.717) is 0 Å². The third-order valence-electron chi connectivity index (χ3n) is 1.51. The number of carbonyl (C=O) groups is 1. The Morgan fingerprint density at radius 3 is 2.80 bits per heavy atom. The minimum Gasteiger partial charge on any atom is -0.364 e. The van der Waals surface area contributed by atoms with Crippen LogP contribution in [0.4, 0.5) is 13.2 Å². The van der Waals surface area contributed by atoms with Gasteiger partial charge in [-0.3, -0.25) is 4.79 Å². The maximum atomic E-state index is 12.2. The second kappa shape index (κ2) is 4.52. The molecule has 0 aliphatic heterocycles. The monoisotopic (exact) mass is 242 g/mol. The summed E-state index contributed by atoms with van der Waals surface area (Å²) in [5, 5.41) is 4.98. The van der Waals surface area contributed by atoms with Crippen LogP contribution in [0.15, 0.2) is 10.8 Å². The zero-order valence-corrected chi connectivity index (χ0v) is 8.02. The van der Waals surface area contributed by atoms with Gasteiger partial charge in [0.2, 0.25) is 5.91 Å². The standard InChI is InChI=1S/C7H6ClF3N2O2/c8-1-5(14)12-2-4-3-15-13-6(4)7(9,10)11/h3H,1-2H2,(H,12,14). The van der Waals surface area contributed by atoms with Gasteiger partial charge < -0.3 is 9.84 Å². The molecular formula is C7H6ClF3N2O2. The normalized spacial score (nSPS) is 11.5. The molecule has 8 heteroatoms. The molecule has 0 radical (unpaired) electrons. The van der Waals surface area contributed by atoms with E-state index in [-0.39, 0.29) is 18.0 Å². The molecule has 0 atom stereocenters. The third-order valence-corrected chi connectivity index (χ3v) is 1.75. The fourth-order valence-corrected chi connectivity index (χ4v) is 0.952. The second-order valence-electron chi connectivity index (χ2n) is 2.60. The van der Waals surface area contributed by atoms with Crippen molar-refractivity contribution in [3.63, 3.8) is 0 Å². The highest BCUT2D eigenvalue weighted by atomic mass is 35.5. The van der Waals surface area contributed by atoms with Gasteiger partial charge in [0, 0.05) is 12.1 Å². The van der Waals surface area contributed by atoms with E-state index in [0.717, 1.165) is 6.26 Å². The van der Waals surface area contributed by atoms with E-state index in [1.54, 1.807) is 0 Å². The molecule has 84 valence electrons. The number of alkyl halides is 4. The number of carbonyl (C=O) groups excluding carboxylic acids is 1. The minimum atomic E-state index is -4.59. The predicted molar refractivity (Wildman–Crippen MR) is 44.1 cm³/mol. The van der Waals surface area contributed by atoms with Gasteiger partial charge in [-0.15, -0.1) is 11.6 Å². The van der Waals surface area contributed by atoms with E-state index < -0.39 is 17.8 Å². The van der Waals surface area contributed by atoms with E-state index in [2.05, 4.69) is 15.0 Å². The highest BCUT2D eigenvalue weighted by Crippen LogP contribution is 2.30. The van der Waals surface area contributed by atoms with Gasteiger partial charge in [-0.25, -0.2) is 0 Å². The summed E-state index contributed by atoms with van der Waals surface area (Å²) in [7, 11) is 0. The van der Waals surface area contributed by atoms with E-state index in [1.165, 1.54) is 0 Å². The van der Waals surface area contributed by atoms with Gasteiger partial charge in [0.05, 0.1) is 0 Å². The van der Waals surface area contributed by atoms with Crippen molar-refractivity contribution in [2.45, 2.75) is 12.7 Å². The molecule has 1 N–H and O–H groups in total. The van der Waals surface area contributed by atoms with Crippen LogP contribution >= 0.6 is 11.6 Å². The lowest BCUT2D eigenvalue weighted by molar-refractivity contribution is -0.143. The first-order valence-corrected chi connectivity index (χ1v) is 4.31. The Bertz CT molecular complexity index is 350. The van der Waals surface area contributed by atoms with Crippen molar-refractivity contribution in [1.82, 2.24) is 10.5 Å². The largest absolute Gasteiger partial charge is 0.437 e. The number of aromatic nitrogens is 1. The number of hydrogen-bond acceptors (Lipinski definition) is 3. The average molecular weight is 243 g/mol. The summed E-state index contributed by atoms with van der Waals surface area (Å²) in [6.07, 6.45) is -3.76. The summed E-state index contributed by atoms with van der Waals surface area (Å²) in [6.45, 7) is -0.316. The molecule has 0 bridgehead atoms.